The van der Waals surface area contributed by atoms with E-state index < -0.39 is 6.10 Å². The first-order valence-corrected chi connectivity index (χ1v) is 11.2. The summed E-state index contributed by atoms with van der Waals surface area (Å²) in [5, 5.41) is 13.7. The minimum Gasteiger partial charge on any atom is -0.479 e. The molecule has 1 aromatic carbocycles. The summed E-state index contributed by atoms with van der Waals surface area (Å²) >= 11 is 6.48. The van der Waals surface area contributed by atoms with E-state index in [-0.39, 0.29) is 12.0 Å². The number of ether oxygens (including phenoxy) is 1. The van der Waals surface area contributed by atoms with Crippen molar-refractivity contribution in [2.24, 2.45) is 0 Å². The second kappa shape index (κ2) is 8.26. The SMILES string of the molecule is CC(O)CC1=Cc2c(-c3cc(Cl)cc4c3OC(C(=O)N3CCNCC3)C4)ccnc2C1. The minimum absolute atomic E-state index is 0.0406. The number of hydrogen-bond acceptors (Lipinski definition) is 5. The summed E-state index contributed by atoms with van der Waals surface area (Å²) < 4.78 is 6.26. The molecule has 2 aromatic rings. The Morgan fingerprint density at radius 2 is 2.16 bits per heavy atom. The van der Waals surface area contributed by atoms with Gasteiger partial charge in [-0.05, 0) is 37.1 Å². The maximum absolute atomic E-state index is 13.0. The number of piperazine rings is 1. The van der Waals surface area contributed by atoms with E-state index in [1.165, 1.54) is 0 Å². The Morgan fingerprint density at radius 1 is 1.35 bits per heavy atom. The second-order valence-corrected chi connectivity index (χ2v) is 9.02. The van der Waals surface area contributed by atoms with Gasteiger partial charge >= 0.3 is 0 Å². The number of aliphatic hydroxyl groups excluding tert-OH is 1. The molecule has 1 aromatic heterocycles. The number of aromatic nitrogens is 1. The third-order valence-electron chi connectivity index (χ3n) is 6.16. The molecule has 2 unspecified atom stereocenters. The molecule has 6 nitrogen and oxygen atoms in total. The number of fused-ring (bicyclic) bond motifs is 2. The lowest BCUT2D eigenvalue weighted by Crippen LogP contribution is -2.50. The molecule has 5 rings (SSSR count). The summed E-state index contributed by atoms with van der Waals surface area (Å²) in [5.74, 6) is 0.780. The number of amides is 1. The monoisotopic (exact) mass is 439 g/mol. The van der Waals surface area contributed by atoms with Crippen LogP contribution in [0.25, 0.3) is 17.2 Å². The van der Waals surface area contributed by atoms with Crippen LogP contribution in [0.1, 0.15) is 30.2 Å². The first kappa shape index (κ1) is 20.5. The average Bonchev–Trinajstić information content (AvgIpc) is 3.36. The lowest BCUT2D eigenvalue weighted by molar-refractivity contribution is -0.138. The van der Waals surface area contributed by atoms with Crippen LogP contribution in [-0.2, 0) is 17.6 Å². The smallest absolute Gasteiger partial charge is 0.264 e. The van der Waals surface area contributed by atoms with Crippen molar-refractivity contribution in [3.8, 4) is 16.9 Å². The van der Waals surface area contributed by atoms with Crippen LogP contribution in [0.4, 0.5) is 0 Å². The number of nitrogens with zero attached hydrogens (tertiary/aromatic N) is 2. The lowest BCUT2D eigenvalue weighted by atomic mass is 9.97. The molecule has 1 saturated heterocycles. The van der Waals surface area contributed by atoms with Gasteiger partial charge < -0.3 is 20.1 Å². The van der Waals surface area contributed by atoms with Gasteiger partial charge in [-0.15, -0.1) is 0 Å². The molecule has 0 saturated carbocycles. The predicted octanol–water partition coefficient (Wildman–Crippen LogP) is 2.85. The van der Waals surface area contributed by atoms with Gasteiger partial charge in [-0.2, -0.15) is 0 Å². The number of rotatable bonds is 4. The fraction of sp³-hybridized carbons (Fsp3) is 0.417. The van der Waals surface area contributed by atoms with Crippen LogP contribution in [0.5, 0.6) is 5.75 Å². The molecule has 2 aliphatic heterocycles. The Morgan fingerprint density at radius 3 is 2.94 bits per heavy atom. The Labute approximate surface area is 186 Å². The number of halogens is 1. The van der Waals surface area contributed by atoms with Crippen molar-refractivity contribution in [3.63, 3.8) is 0 Å². The van der Waals surface area contributed by atoms with Gasteiger partial charge in [-0.25, -0.2) is 0 Å². The fourth-order valence-electron chi connectivity index (χ4n) is 4.79. The minimum atomic E-state index is -0.512. The molecule has 1 fully saturated rings. The van der Waals surface area contributed by atoms with Crippen molar-refractivity contribution in [3.05, 3.63) is 51.8 Å². The third kappa shape index (κ3) is 3.95. The maximum atomic E-state index is 13.0. The zero-order valence-electron chi connectivity index (χ0n) is 17.5. The van der Waals surface area contributed by atoms with Gasteiger partial charge in [0.25, 0.3) is 5.91 Å². The van der Waals surface area contributed by atoms with Gasteiger partial charge in [0.2, 0.25) is 0 Å². The number of pyridine rings is 1. The van der Waals surface area contributed by atoms with Gasteiger partial charge in [0, 0.05) is 66.9 Å². The van der Waals surface area contributed by atoms with Crippen LogP contribution in [0.15, 0.2) is 30.0 Å². The third-order valence-corrected chi connectivity index (χ3v) is 6.38. The molecular weight excluding hydrogens is 414 g/mol. The van der Waals surface area contributed by atoms with E-state index in [0.717, 1.165) is 58.8 Å². The fourth-order valence-corrected chi connectivity index (χ4v) is 5.03. The van der Waals surface area contributed by atoms with E-state index in [0.29, 0.717) is 31.0 Å². The number of hydrogen-bond donors (Lipinski definition) is 2. The quantitative estimate of drug-likeness (QED) is 0.766. The summed E-state index contributed by atoms with van der Waals surface area (Å²) in [6.45, 7) is 4.83. The molecule has 31 heavy (non-hydrogen) atoms. The lowest BCUT2D eigenvalue weighted by Gasteiger charge is -2.29. The zero-order chi connectivity index (χ0) is 21.5. The van der Waals surface area contributed by atoms with E-state index in [1.54, 1.807) is 13.1 Å². The van der Waals surface area contributed by atoms with Crippen LogP contribution >= 0.6 is 11.6 Å². The van der Waals surface area contributed by atoms with Crippen LogP contribution in [0.3, 0.4) is 0 Å². The molecule has 1 aliphatic carbocycles. The molecule has 7 heteroatoms. The van der Waals surface area contributed by atoms with Crippen LogP contribution in [0, 0.1) is 0 Å². The maximum Gasteiger partial charge on any atom is 0.264 e. The first-order valence-electron chi connectivity index (χ1n) is 10.8. The van der Waals surface area contributed by atoms with E-state index in [1.807, 2.05) is 23.1 Å². The molecule has 2 atom stereocenters. The topological polar surface area (TPSA) is 74.7 Å². The summed E-state index contributed by atoms with van der Waals surface area (Å²) in [5.41, 5.74) is 6.06. The second-order valence-electron chi connectivity index (χ2n) is 8.58. The molecule has 0 radical (unpaired) electrons. The Hall–Kier alpha value is -2.41. The van der Waals surface area contributed by atoms with E-state index in [4.69, 9.17) is 16.3 Å². The van der Waals surface area contributed by atoms with E-state index in [2.05, 4.69) is 16.4 Å². The molecule has 3 heterocycles. The van der Waals surface area contributed by atoms with Gasteiger partial charge in [0.1, 0.15) is 5.75 Å². The van der Waals surface area contributed by atoms with Crippen molar-refractivity contribution in [2.45, 2.75) is 38.4 Å². The van der Waals surface area contributed by atoms with Crippen molar-refractivity contribution in [2.75, 3.05) is 26.2 Å². The van der Waals surface area contributed by atoms with E-state index in [9.17, 15) is 9.90 Å². The molecule has 0 bridgehead atoms. The Balaban J connectivity index is 1.49. The number of nitrogens with one attached hydrogen (secondary N) is 1. The van der Waals surface area contributed by atoms with Crippen molar-refractivity contribution >= 4 is 23.6 Å². The highest BCUT2D eigenvalue weighted by molar-refractivity contribution is 6.31. The Bertz CT molecular complexity index is 1060. The standard InChI is InChI=1S/C24H26ClN3O3/c1-14(29)8-15-9-19-18(2-3-27-21(19)10-15)20-13-17(25)11-16-12-22(31-23(16)20)24(30)28-6-4-26-5-7-28/h2-3,9,11,13-14,22,26,29H,4-8,10,12H2,1H3. The molecule has 3 aliphatic rings. The summed E-state index contributed by atoms with van der Waals surface area (Å²) in [4.78, 5) is 19.5. The highest BCUT2D eigenvalue weighted by Crippen LogP contribution is 2.44. The molecule has 162 valence electrons. The van der Waals surface area contributed by atoms with Gasteiger partial charge in [0.05, 0.1) is 11.8 Å². The normalized spacial score (nSPS) is 20.7. The number of carbonyl (C=O) groups excluding carboxylic acids is 1. The Kier molecular flexibility index (Phi) is 5.46. The van der Waals surface area contributed by atoms with Crippen molar-refractivity contribution in [1.29, 1.82) is 0 Å². The predicted molar refractivity (Wildman–Crippen MR) is 120 cm³/mol. The van der Waals surface area contributed by atoms with Crippen molar-refractivity contribution in [1.82, 2.24) is 15.2 Å². The van der Waals surface area contributed by atoms with Crippen LogP contribution in [0.2, 0.25) is 5.02 Å². The molecule has 0 spiro atoms. The van der Waals surface area contributed by atoms with Gasteiger partial charge in [-0.3, -0.25) is 9.78 Å². The summed E-state index contributed by atoms with van der Waals surface area (Å²) in [7, 11) is 0. The summed E-state index contributed by atoms with van der Waals surface area (Å²) in [6.07, 6.45) is 4.92. The molecular formula is C24H26ClN3O3. The van der Waals surface area contributed by atoms with Crippen LogP contribution in [-0.4, -0.2) is 59.3 Å². The van der Waals surface area contributed by atoms with Crippen LogP contribution < -0.4 is 10.1 Å². The van der Waals surface area contributed by atoms with Gasteiger partial charge in [-0.1, -0.05) is 23.3 Å². The summed E-state index contributed by atoms with van der Waals surface area (Å²) in [6, 6.07) is 5.79. The highest BCUT2D eigenvalue weighted by atomic mass is 35.5. The number of benzene rings is 1. The average molecular weight is 440 g/mol. The highest BCUT2D eigenvalue weighted by Gasteiger charge is 2.35. The number of carbonyl (C=O) groups is 1. The zero-order valence-corrected chi connectivity index (χ0v) is 18.3. The first-order chi connectivity index (χ1) is 15.0. The molecule has 2 N–H and O–H groups in total. The molecule has 1 amide bonds. The number of aliphatic hydroxyl groups is 1. The largest absolute Gasteiger partial charge is 0.479 e. The van der Waals surface area contributed by atoms with Crippen molar-refractivity contribution < 1.29 is 14.6 Å². The van der Waals surface area contributed by atoms with Gasteiger partial charge in [0.15, 0.2) is 6.10 Å². The van der Waals surface area contributed by atoms with E-state index >= 15 is 0 Å².